The zero-order valence-electron chi connectivity index (χ0n) is 11.9. The van der Waals surface area contributed by atoms with Crippen molar-refractivity contribution in [3.8, 4) is 0 Å². The number of carbonyl (C=O) groups excluding carboxylic acids is 1. The molecule has 3 heteroatoms. The van der Waals surface area contributed by atoms with Gasteiger partial charge in [-0.1, -0.05) is 32.0 Å². The lowest BCUT2D eigenvalue weighted by atomic mass is 9.87. The first-order chi connectivity index (χ1) is 9.04. The van der Waals surface area contributed by atoms with Gasteiger partial charge in [0.1, 0.15) is 11.6 Å². The number of benzene rings is 1. The second-order valence-corrected chi connectivity index (χ2v) is 5.43. The van der Waals surface area contributed by atoms with Crippen LogP contribution in [0, 0.1) is 17.7 Å². The Hall–Kier alpha value is -1.22. The van der Waals surface area contributed by atoms with Crippen LogP contribution < -0.4 is 5.73 Å². The van der Waals surface area contributed by atoms with Gasteiger partial charge in [-0.3, -0.25) is 4.79 Å². The molecule has 0 saturated carbocycles. The molecule has 0 amide bonds. The largest absolute Gasteiger partial charge is 0.330 e. The summed E-state index contributed by atoms with van der Waals surface area (Å²) in [6, 6.07) is 6.47. The highest BCUT2D eigenvalue weighted by Crippen LogP contribution is 2.21. The number of Topliss-reactive ketones (excluding diaryl/α,β-unsaturated/α-hetero) is 1. The third-order valence-electron chi connectivity index (χ3n) is 3.62. The number of halogens is 1. The fourth-order valence-electron chi connectivity index (χ4n) is 2.31. The normalized spacial score (nSPS) is 12.7. The molecule has 0 aliphatic carbocycles. The van der Waals surface area contributed by atoms with Crippen LogP contribution >= 0.6 is 0 Å². The summed E-state index contributed by atoms with van der Waals surface area (Å²) in [5.41, 5.74) is 6.08. The fraction of sp³-hybridized carbons (Fsp3) is 0.562. The van der Waals surface area contributed by atoms with E-state index in [9.17, 15) is 9.18 Å². The number of nitrogens with two attached hydrogens (primary N) is 1. The summed E-state index contributed by atoms with van der Waals surface area (Å²) in [6.45, 7) is 4.97. The Kier molecular flexibility index (Phi) is 6.71. The van der Waals surface area contributed by atoms with E-state index in [2.05, 4.69) is 13.8 Å². The predicted octanol–water partition coefficient (Wildman–Crippen LogP) is 3.34. The SMILES string of the molecule is CC(C)C(CCN)CCC(=O)Cc1ccccc1F. The summed E-state index contributed by atoms with van der Waals surface area (Å²) in [4.78, 5) is 11.9. The van der Waals surface area contributed by atoms with Crippen LogP contribution in [-0.4, -0.2) is 12.3 Å². The minimum atomic E-state index is -0.293. The average molecular weight is 265 g/mol. The molecular formula is C16H24FNO. The summed E-state index contributed by atoms with van der Waals surface area (Å²) in [5.74, 6) is 0.824. The average Bonchev–Trinajstić information content (AvgIpc) is 2.37. The Morgan fingerprint density at radius 2 is 1.95 bits per heavy atom. The van der Waals surface area contributed by atoms with Crippen molar-refractivity contribution < 1.29 is 9.18 Å². The second kappa shape index (κ2) is 8.05. The van der Waals surface area contributed by atoms with Crippen molar-refractivity contribution in [1.29, 1.82) is 0 Å². The van der Waals surface area contributed by atoms with Crippen molar-refractivity contribution >= 4 is 5.78 Å². The minimum Gasteiger partial charge on any atom is -0.330 e. The molecule has 1 aromatic carbocycles. The van der Waals surface area contributed by atoms with Crippen LogP contribution in [-0.2, 0) is 11.2 Å². The van der Waals surface area contributed by atoms with E-state index in [-0.39, 0.29) is 18.0 Å². The van der Waals surface area contributed by atoms with Crippen molar-refractivity contribution in [3.05, 3.63) is 35.6 Å². The van der Waals surface area contributed by atoms with Crippen molar-refractivity contribution in [3.63, 3.8) is 0 Å². The van der Waals surface area contributed by atoms with Gasteiger partial charge in [-0.15, -0.1) is 0 Å². The highest BCUT2D eigenvalue weighted by molar-refractivity contribution is 5.80. The Bertz CT molecular complexity index is 403. The van der Waals surface area contributed by atoms with Gasteiger partial charge in [0.05, 0.1) is 0 Å². The molecule has 1 unspecified atom stereocenters. The van der Waals surface area contributed by atoms with E-state index in [1.807, 2.05) is 0 Å². The number of carbonyl (C=O) groups is 1. The molecule has 0 aliphatic heterocycles. The van der Waals surface area contributed by atoms with Crippen molar-refractivity contribution in [2.75, 3.05) is 6.54 Å². The molecule has 0 fully saturated rings. The van der Waals surface area contributed by atoms with Crippen LogP contribution in [0.25, 0.3) is 0 Å². The third kappa shape index (κ3) is 5.52. The summed E-state index contributed by atoms with van der Waals surface area (Å²) in [6.07, 6.45) is 2.50. The monoisotopic (exact) mass is 265 g/mol. The van der Waals surface area contributed by atoms with E-state index >= 15 is 0 Å². The highest BCUT2D eigenvalue weighted by Gasteiger charge is 2.15. The smallest absolute Gasteiger partial charge is 0.137 e. The number of hydrogen-bond acceptors (Lipinski definition) is 2. The zero-order chi connectivity index (χ0) is 14.3. The first-order valence-corrected chi connectivity index (χ1v) is 6.99. The van der Waals surface area contributed by atoms with Crippen LogP contribution in [0.4, 0.5) is 4.39 Å². The van der Waals surface area contributed by atoms with Crippen molar-refractivity contribution in [2.24, 2.45) is 17.6 Å². The Morgan fingerprint density at radius 1 is 1.26 bits per heavy atom. The van der Waals surface area contributed by atoms with Crippen molar-refractivity contribution in [2.45, 2.75) is 39.5 Å². The Balaban J connectivity index is 2.45. The number of hydrogen-bond donors (Lipinski definition) is 1. The number of rotatable bonds is 8. The van der Waals surface area contributed by atoms with Crippen LogP contribution in [0.3, 0.4) is 0 Å². The van der Waals surface area contributed by atoms with Crippen molar-refractivity contribution in [1.82, 2.24) is 0 Å². The zero-order valence-corrected chi connectivity index (χ0v) is 11.9. The molecule has 0 bridgehead atoms. The molecule has 1 aromatic rings. The molecule has 0 aliphatic rings. The third-order valence-corrected chi connectivity index (χ3v) is 3.62. The molecule has 2 N–H and O–H groups in total. The molecule has 1 rings (SSSR count). The quantitative estimate of drug-likeness (QED) is 0.783. The van der Waals surface area contributed by atoms with Crippen LogP contribution in [0.5, 0.6) is 0 Å². The van der Waals surface area contributed by atoms with Gasteiger partial charge in [0.2, 0.25) is 0 Å². The summed E-state index contributed by atoms with van der Waals surface area (Å²) < 4.78 is 13.4. The van der Waals surface area contributed by atoms with Crippen LogP contribution in [0.15, 0.2) is 24.3 Å². The van der Waals surface area contributed by atoms with Gasteiger partial charge < -0.3 is 5.73 Å². The molecule has 19 heavy (non-hydrogen) atoms. The maximum absolute atomic E-state index is 13.4. The molecule has 0 radical (unpaired) electrons. The fourth-order valence-corrected chi connectivity index (χ4v) is 2.31. The molecule has 1 atom stereocenters. The van der Waals surface area contributed by atoms with E-state index in [0.717, 1.165) is 12.8 Å². The van der Waals surface area contributed by atoms with Gasteiger partial charge in [0.25, 0.3) is 0 Å². The minimum absolute atomic E-state index is 0.104. The lowest BCUT2D eigenvalue weighted by Gasteiger charge is -2.19. The summed E-state index contributed by atoms with van der Waals surface area (Å²) >= 11 is 0. The van der Waals surface area contributed by atoms with E-state index in [0.29, 0.717) is 30.4 Å². The lowest BCUT2D eigenvalue weighted by molar-refractivity contribution is -0.118. The molecule has 0 saturated heterocycles. The maximum Gasteiger partial charge on any atom is 0.137 e. The molecule has 0 heterocycles. The first-order valence-electron chi connectivity index (χ1n) is 6.99. The summed E-state index contributed by atoms with van der Waals surface area (Å²) in [5, 5.41) is 0. The Morgan fingerprint density at radius 3 is 2.53 bits per heavy atom. The maximum atomic E-state index is 13.4. The number of ketones is 1. The standard InChI is InChI=1S/C16H24FNO/c1-12(2)13(9-10-18)7-8-15(19)11-14-5-3-4-6-16(14)17/h3-6,12-13H,7-11,18H2,1-2H3. The lowest BCUT2D eigenvalue weighted by Crippen LogP contribution is -2.16. The molecular weight excluding hydrogens is 241 g/mol. The molecule has 106 valence electrons. The van der Waals surface area contributed by atoms with E-state index in [1.165, 1.54) is 6.07 Å². The van der Waals surface area contributed by atoms with Gasteiger partial charge in [-0.2, -0.15) is 0 Å². The molecule has 0 aromatic heterocycles. The Labute approximate surface area is 115 Å². The van der Waals surface area contributed by atoms with E-state index < -0.39 is 0 Å². The second-order valence-electron chi connectivity index (χ2n) is 5.43. The highest BCUT2D eigenvalue weighted by atomic mass is 19.1. The van der Waals surface area contributed by atoms with E-state index in [1.54, 1.807) is 18.2 Å². The van der Waals surface area contributed by atoms with Gasteiger partial charge in [-0.25, -0.2) is 4.39 Å². The predicted molar refractivity (Wildman–Crippen MR) is 76.3 cm³/mol. The molecule has 0 spiro atoms. The van der Waals surface area contributed by atoms with Gasteiger partial charge in [-0.05, 0) is 42.9 Å². The van der Waals surface area contributed by atoms with Crippen LogP contribution in [0.1, 0.15) is 38.7 Å². The van der Waals surface area contributed by atoms with Crippen LogP contribution in [0.2, 0.25) is 0 Å². The first kappa shape index (κ1) is 15.8. The van der Waals surface area contributed by atoms with E-state index in [4.69, 9.17) is 5.73 Å². The summed E-state index contributed by atoms with van der Waals surface area (Å²) in [7, 11) is 0. The molecule has 2 nitrogen and oxygen atoms in total. The van der Waals surface area contributed by atoms with Gasteiger partial charge in [0.15, 0.2) is 0 Å². The van der Waals surface area contributed by atoms with Gasteiger partial charge in [0, 0.05) is 12.8 Å². The topological polar surface area (TPSA) is 43.1 Å². The van der Waals surface area contributed by atoms with Gasteiger partial charge >= 0.3 is 0 Å².